The van der Waals surface area contributed by atoms with Gasteiger partial charge in [-0.15, -0.1) is 0 Å². The van der Waals surface area contributed by atoms with Gasteiger partial charge in [0.15, 0.2) is 0 Å². The van der Waals surface area contributed by atoms with Crippen molar-refractivity contribution in [2.75, 3.05) is 19.3 Å². The fraction of sp³-hybridized carbons (Fsp3) is 0.818. The molecular formula is C11H20NO7P. The maximum absolute atomic E-state index is 11.8. The van der Waals surface area contributed by atoms with Crippen LogP contribution in [0.3, 0.4) is 0 Å². The molecule has 3 atom stereocenters. The molecule has 0 amide bonds. The Bertz CT molecular complexity index is 394. The molecule has 1 aliphatic rings. The quantitative estimate of drug-likeness (QED) is 0.453. The third-order valence-corrected chi connectivity index (χ3v) is 4.60. The standard InChI is InChI=1S/C11H20NO7P/c13-10(14)4-3-8(11(15)16)7-20(17,18)19-6-9-2-1-5-12-9/h8-9,12H,1-7H2,(H,13,14)(H,15,16)(H,17,18)/t8?,9-/m0/s1. The monoisotopic (exact) mass is 309 g/mol. The van der Waals surface area contributed by atoms with Gasteiger partial charge in [0.25, 0.3) is 0 Å². The van der Waals surface area contributed by atoms with Crippen LogP contribution in [0.2, 0.25) is 0 Å². The van der Waals surface area contributed by atoms with Crippen molar-refractivity contribution >= 4 is 19.5 Å². The van der Waals surface area contributed by atoms with Crippen LogP contribution in [0.1, 0.15) is 25.7 Å². The Balaban J connectivity index is 2.44. The van der Waals surface area contributed by atoms with Crippen LogP contribution in [-0.4, -0.2) is 52.4 Å². The number of aliphatic carboxylic acids is 2. The summed E-state index contributed by atoms with van der Waals surface area (Å²) in [4.78, 5) is 31.0. The highest BCUT2D eigenvalue weighted by molar-refractivity contribution is 7.52. The highest BCUT2D eigenvalue weighted by Crippen LogP contribution is 2.44. The van der Waals surface area contributed by atoms with Gasteiger partial charge in [-0.25, -0.2) is 0 Å². The van der Waals surface area contributed by atoms with Crippen LogP contribution in [0.25, 0.3) is 0 Å². The molecule has 0 aliphatic carbocycles. The minimum absolute atomic E-state index is 0.0118. The van der Waals surface area contributed by atoms with Gasteiger partial charge in [0, 0.05) is 12.5 Å². The summed E-state index contributed by atoms with van der Waals surface area (Å²) in [7, 11) is -4.03. The summed E-state index contributed by atoms with van der Waals surface area (Å²) in [5.74, 6) is -3.62. The maximum Gasteiger partial charge on any atom is 0.329 e. The molecule has 1 aliphatic heterocycles. The number of rotatable bonds is 9. The zero-order valence-electron chi connectivity index (χ0n) is 11.0. The molecular weight excluding hydrogens is 289 g/mol. The van der Waals surface area contributed by atoms with Crippen LogP contribution >= 0.6 is 7.60 Å². The Labute approximate surface area is 116 Å². The Morgan fingerprint density at radius 3 is 2.60 bits per heavy atom. The van der Waals surface area contributed by atoms with Crippen molar-refractivity contribution in [3.8, 4) is 0 Å². The Kier molecular flexibility index (Phi) is 6.61. The van der Waals surface area contributed by atoms with Gasteiger partial charge < -0.3 is 24.9 Å². The molecule has 9 heteroatoms. The van der Waals surface area contributed by atoms with E-state index in [1.807, 2.05) is 0 Å². The summed E-state index contributed by atoms with van der Waals surface area (Å²) in [5.41, 5.74) is 0. The summed E-state index contributed by atoms with van der Waals surface area (Å²) in [6, 6.07) is 0.0118. The highest BCUT2D eigenvalue weighted by Gasteiger charge is 2.31. The minimum Gasteiger partial charge on any atom is -0.481 e. The van der Waals surface area contributed by atoms with E-state index in [9.17, 15) is 19.0 Å². The molecule has 1 fully saturated rings. The first-order valence-electron chi connectivity index (χ1n) is 6.44. The molecule has 8 nitrogen and oxygen atoms in total. The summed E-state index contributed by atoms with van der Waals surface area (Å²) in [6.07, 6.45) is 0.700. The first-order chi connectivity index (χ1) is 9.30. The number of carboxylic acid groups (broad SMARTS) is 2. The molecule has 0 aromatic rings. The normalized spacial score (nSPS) is 23.1. The van der Waals surface area contributed by atoms with E-state index in [4.69, 9.17) is 14.7 Å². The topological polar surface area (TPSA) is 133 Å². The molecule has 116 valence electrons. The smallest absolute Gasteiger partial charge is 0.329 e. The van der Waals surface area contributed by atoms with Gasteiger partial charge in [-0.1, -0.05) is 0 Å². The zero-order valence-corrected chi connectivity index (χ0v) is 11.9. The van der Waals surface area contributed by atoms with E-state index in [0.29, 0.717) is 0 Å². The van der Waals surface area contributed by atoms with Crippen molar-refractivity contribution in [3.63, 3.8) is 0 Å². The third-order valence-electron chi connectivity index (χ3n) is 3.15. The van der Waals surface area contributed by atoms with Crippen LogP contribution in [0.5, 0.6) is 0 Å². The highest BCUT2D eigenvalue weighted by atomic mass is 31.2. The Morgan fingerprint density at radius 2 is 2.10 bits per heavy atom. The lowest BCUT2D eigenvalue weighted by molar-refractivity contribution is -0.142. The van der Waals surface area contributed by atoms with Crippen LogP contribution in [0.15, 0.2) is 0 Å². The van der Waals surface area contributed by atoms with E-state index < -0.39 is 31.6 Å². The second kappa shape index (κ2) is 7.73. The fourth-order valence-corrected chi connectivity index (χ4v) is 3.44. The minimum atomic E-state index is -4.03. The number of carbonyl (C=O) groups is 2. The molecule has 1 heterocycles. The molecule has 0 spiro atoms. The molecule has 0 bridgehead atoms. The average Bonchev–Trinajstić information content (AvgIpc) is 2.84. The molecule has 1 rings (SSSR count). The largest absolute Gasteiger partial charge is 0.481 e. The molecule has 0 radical (unpaired) electrons. The number of hydrogen-bond donors (Lipinski definition) is 4. The van der Waals surface area contributed by atoms with Gasteiger partial charge in [-0.05, 0) is 25.8 Å². The zero-order chi connectivity index (χ0) is 15.2. The third kappa shape index (κ3) is 6.47. The van der Waals surface area contributed by atoms with E-state index in [-0.39, 0.29) is 25.5 Å². The number of nitrogens with one attached hydrogen (secondary N) is 1. The van der Waals surface area contributed by atoms with E-state index in [2.05, 4.69) is 5.32 Å². The molecule has 0 aromatic heterocycles. The van der Waals surface area contributed by atoms with Crippen molar-refractivity contribution in [2.24, 2.45) is 5.92 Å². The molecule has 0 saturated carbocycles. The lowest BCUT2D eigenvalue weighted by atomic mass is 10.1. The van der Waals surface area contributed by atoms with E-state index in [0.717, 1.165) is 19.4 Å². The van der Waals surface area contributed by atoms with E-state index in [1.165, 1.54) is 0 Å². The van der Waals surface area contributed by atoms with Crippen LogP contribution in [-0.2, 0) is 18.7 Å². The van der Waals surface area contributed by atoms with Crippen molar-refractivity contribution in [2.45, 2.75) is 31.7 Å². The Hall–Kier alpha value is -0.950. The van der Waals surface area contributed by atoms with Crippen molar-refractivity contribution in [3.05, 3.63) is 0 Å². The van der Waals surface area contributed by atoms with Crippen LogP contribution in [0, 0.1) is 5.92 Å². The van der Waals surface area contributed by atoms with Crippen LogP contribution in [0.4, 0.5) is 0 Å². The summed E-state index contributed by atoms with van der Waals surface area (Å²) in [6.45, 7) is 0.888. The Morgan fingerprint density at radius 1 is 1.40 bits per heavy atom. The van der Waals surface area contributed by atoms with Crippen molar-refractivity contribution in [1.82, 2.24) is 5.32 Å². The number of carboxylic acids is 2. The van der Waals surface area contributed by atoms with E-state index >= 15 is 0 Å². The lowest BCUT2D eigenvalue weighted by Gasteiger charge is -2.18. The summed E-state index contributed by atoms with van der Waals surface area (Å²) in [5, 5.41) is 20.6. The maximum atomic E-state index is 11.8. The number of hydrogen-bond acceptors (Lipinski definition) is 5. The van der Waals surface area contributed by atoms with Crippen molar-refractivity contribution in [1.29, 1.82) is 0 Å². The summed E-state index contributed by atoms with van der Waals surface area (Å²) >= 11 is 0. The average molecular weight is 309 g/mol. The molecule has 4 N–H and O–H groups in total. The second-order valence-corrected chi connectivity index (χ2v) is 6.77. The van der Waals surface area contributed by atoms with E-state index in [1.54, 1.807) is 0 Å². The van der Waals surface area contributed by atoms with Gasteiger partial charge in [-0.2, -0.15) is 0 Å². The summed E-state index contributed by atoms with van der Waals surface area (Å²) < 4.78 is 16.8. The van der Waals surface area contributed by atoms with Crippen LogP contribution < -0.4 is 5.32 Å². The lowest BCUT2D eigenvalue weighted by Crippen LogP contribution is -2.27. The van der Waals surface area contributed by atoms with Gasteiger partial charge in [0.05, 0.1) is 18.7 Å². The van der Waals surface area contributed by atoms with Gasteiger partial charge in [0.2, 0.25) is 0 Å². The SMILES string of the molecule is O=C(O)CCC(CP(=O)(O)OC[C@@H]1CCCN1)C(=O)O. The molecule has 2 unspecified atom stereocenters. The van der Waals surface area contributed by atoms with Gasteiger partial charge in [0.1, 0.15) is 0 Å². The molecule has 0 aromatic carbocycles. The van der Waals surface area contributed by atoms with Gasteiger partial charge >= 0.3 is 19.5 Å². The predicted octanol–water partition coefficient (Wildman–Crippen LogP) is 0.506. The molecule has 1 saturated heterocycles. The van der Waals surface area contributed by atoms with Crippen molar-refractivity contribution < 1.29 is 33.8 Å². The van der Waals surface area contributed by atoms with Gasteiger partial charge in [-0.3, -0.25) is 14.2 Å². The predicted molar refractivity (Wildman–Crippen MR) is 69.7 cm³/mol. The first-order valence-corrected chi connectivity index (χ1v) is 8.21. The first kappa shape index (κ1) is 17.1. The molecule has 20 heavy (non-hydrogen) atoms. The fourth-order valence-electron chi connectivity index (χ4n) is 2.03. The second-order valence-electron chi connectivity index (χ2n) is 4.88.